The molecule has 2 aromatic heterocycles. The van der Waals surface area contributed by atoms with E-state index in [0.29, 0.717) is 19.8 Å². The Morgan fingerprint density at radius 3 is 3.22 bits per heavy atom. The van der Waals surface area contributed by atoms with Gasteiger partial charge >= 0.3 is 0 Å². The van der Waals surface area contributed by atoms with E-state index in [2.05, 4.69) is 10.2 Å². The van der Waals surface area contributed by atoms with Gasteiger partial charge in [0.05, 0.1) is 29.8 Å². The number of aromatic nitrogens is 2. The molecule has 0 radical (unpaired) electrons. The van der Waals surface area contributed by atoms with Gasteiger partial charge in [0.2, 0.25) is 0 Å². The van der Waals surface area contributed by atoms with Crippen molar-refractivity contribution in [3.8, 4) is 0 Å². The largest absolute Gasteiger partial charge is 0.377 e. The molecule has 1 N–H and O–H groups in total. The molecule has 1 atom stereocenters. The molecule has 1 aliphatic heterocycles. The summed E-state index contributed by atoms with van der Waals surface area (Å²) in [5.41, 5.74) is 0.916. The van der Waals surface area contributed by atoms with Crippen LogP contribution in [0.3, 0.4) is 0 Å². The van der Waals surface area contributed by atoms with Crippen molar-refractivity contribution in [3.63, 3.8) is 0 Å². The minimum atomic E-state index is -0.0733. The molecular weight excluding hydrogens is 250 g/mol. The maximum atomic E-state index is 12.4. The topological polar surface area (TPSA) is 58.2 Å². The molecule has 0 aromatic carbocycles. The van der Waals surface area contributed by atoms with Gasteiger partial charge in [-0.15, -0.1) is 11.3 Å². The molecule has 3 heterocycles. The van der Waals surface area contributed by atoms with Crippen molar-refractivity contribution in [2.24, 2.45) is 0 Å². The van der Waals surface area contributed by atoms with Crippen LogP contribution in [-0.4, -0.2) is 40.8 Å². The minimum Gasteiger partial charge on any atom is -0.377 e. The van der Waals surface area contributed by atoms with E-state index in [9.17, 15) is 4.79 Å². The predicted octanol–water partition coefficient (Wildman–Crippen LogP) is 1.68. The average molecular weight is 263 g/mol. The number of nitrogens with zero attached hydrogens (tertiary/aromatic N) is 2. The Morgan fingerprint density at radius 1 is 1.56 bits per heavy atom. The third kappa shape index (κ3) is 2.04. The second-order valence-electron chi connectivity index (χ2n) is 4.08. The summed E-state index contributed by atoms with van der Waals surface area (Å²) in [6, 6.07) is 5.56. The predicted molar refractivity (Wildman–Crippen MR) is 67.5 cm³/mol. The summed E-state index contributed by atoms with van der Waals surface area (Å²) in [5.74, 6) is 0.0629. The molecule has 1 aliphatic rings. The van der Waals surface area contributed by atoms with Crippen LogP contribution in [0.2, 0.25) is 0 Å². The first-order valence-electron chi connectivity index (χ1n) is 5.78. The van der Waals surface area contributed by atoms with Crippen LogP contribution >= 0.6 is 11.3 Å². The number of amides is 1. The van der Waals surface area contributed by atoms with Crippen LogP contribution in [0, 0.1) is 0 Å². The molecule has 5 nitrogen and oxygen atoms in total. The van der Waals surface area contributed by atoms with Crippen molar-refractivity contribution in [1.82, 2.24) is 15.1 Å². The summed E-state index contributed by atoms with van der Waals surface area (Å²) in [6.07, 6.45) is 1.69. The van der Waals surface area contributed by atoms with Gasteiger partial charge in [-0.05, 0) is 17.5 Å². The number of nitrogens with one attached hydrogen (secondary N) is 1. The van der Waals surface area contributed by atoms with E-state index >= 15 is 0 Å². The Balaban J connectivity index is 1.86. The normalized spacial score (nSPS) is 20.0. The average Bonchev–Trinajstić information content (AvgIpc) is 3.11. The second kappa shape index (κ2) is 4.91. The van der Waals surface area contributed by atoms with Crippen LogP contribution in [0.1, 0.15) is 21.4 Å². The highest BCUT2D eigenvalue weighted by molar-refractivity contribution is 7.12. The molecule has 3 rings (SSSR count). The Kier molecular flexibility index (Phi) is 3.12. The molecule has 1 amide bonds. The molecule has 94 valence electrons. The molecule has 18 heavy (non-hydrogen) atoms. The number of aromatic amines is 1. The lowest BCUT2D eigenvalue weighted by atomic mass is 10.1. The van der Waals surface area contributed by atoms with Crippen LogP contribution in [0.4, 0.5) is 0 Å². The number of hydrogen-bond acceptors (Lipinski definition) is 4. The van der Waals surface area contributed by atoms with Gasteiger partial charge in [0.25, 0.3) is 5.91 Å². The minimum absolute atomic E-state index is 0.0629. The first kappa shape index (κ1) is 11.4. The van der Waals surface area contributed by atoms with Crippen molar-refractivity contribution in [2.75, 3.05) is 19.8 Å². The van der Waals surface area contributed by atoms with E-state index in [0.717, 1.165) is 10.6 Å². The fourth-order valence-corrected chi connectivity index (χ4v) is 2.78. The van der Waals surface area contributed by atoms with Crippen LogP contribution in [0.25, 0.3) is 0 Å². The van der Waals surface area contributed by atoms with Gasteiger partial charge in [-0.3, -0.25) is 9.89 Å². The summed E-state index contributed by atoms with van der Waals surface area (Å²) in [6.45, 7) is 1.71. The van der Waals surface area contributed by atoms with Crippen LogP contribution in [0.5, 0.6) is 0 Å². The van der Waals surface area contributed by atoms with E-state index in [1.807, 2.05) is 28.5 Å². The standard InChI is InChI=1S/C12H13N3O2S/c16-12(11-2-1-7-18-11)15-5-6-17-8-10(15)9-3-4-13-14-9/h1-4,7,10H,5-6,8H2,(H,13,14)/t10-/m1/s1. The van der Waals surface area contributed by atoms with Crippen molar-refractivity contribution in [2.45, 2.75) is 6.04 Å². The second-order valence-corrected chi connectivity index (χ2v) is 5.03. The Labute approximate surface area is 108 Å². The summed E-state index contributed by atoms with van der Waals surface area (Å²) < 4.78 is 5.47. The van der Waals surface area contributed by atoms with E-state index in [4.69, 9.17) is 4.74 Å². The molecule has 6 heteroatoms. The lowest BCUT2D eigenvalue weighted by Gasteiger charge is -2.34. The summed E-state index contributed by atoms with van der Waals surface area (Å²) in [4.78, 5) is 15.0. The van der Waals surface area contributed by atoms with Crippen molar-refractivity contribution < 1.29 is 9.53 Å². The van der Waals surface area contributed by atoms with Gasteiger partial charge in [0.15, 0.2) is 0 Å². The number of thiophene rings is 1. The molecule has 1 saturated heterocycles. The fraction of sp³-hybridized carbons (Fsp3) is 0.333. The lowest BCUT2D eigenvalue weighted by Crippen LogP contribution is -2.43. The number of ether oxygens (including phenoxy) is 1. The number of rotatable bonds is 2. The third-order valence-corrected chi connectivity index (χ3v) is 3.86. The number of hydrogen-bond donors (Lipinski definition) is 1. The molecule has 0 aliphatic carbocycles. The SMILES string of the molecule is O=C(c1cccs1)N1CCOC[C@@H]1c1ccn[nH]1. The fourth-order valence-electron chi connectivity index (χ4n) is 2.10. The van der Waals surface area contributed by atoms with Gasteiger partial charge in [-0.25, -0.2) is 0 Å². The lowest BCUT2D eigenvalue weighted by molar-refractivity contribution is -0.00364. The summed E-state index contributed by atoms with van der Waals surface area (Å²) >= 11 is 1.47. The van der Waals surface area contributed by atoms with Gasteiger partial charge < -0.3 is 9.64 Å². The summed E-state index contributed by atoms with van der Waals surface area (Å²) in [7, 11) is 0. The highest BCUT2D eigenvalue weighted by atomic mass is 32.1. The third-order valence-electron chi connectivity index (χ3n) is 3.00. The van der Waals surface area contributed by atoms with E-state index in [1.165, 1.54) is 11.3 Å². The van der Waals surface area contributed by atoms with Crippen molar-refractivity contribution in [3.05, 3.63) is 40.3 Å². The number of H-pyrrole nitrogens is 1. The Morgan fingerprint density at radius 2 is 2.50 bits per heavy atom. The number of morpholine rings is 1. The highest BCUT2D eigenvalue weighted by Gasteiger charge is 2.30. The first-order chi connectivity index (χ1) is 8.86. The molecule has 2 aromatic rings. The first-order valence-corrected chi connectivity index (χ1v) is 6.66. The molecule has 0 unspecified atom stereocenters. The molecule has 0 bridgehead atoms. The Hall–Kier alpha value is -1.66. The van der Waals surface area contributed by atoms with Crippen LogP contribution in [-0.2, 0) is 4.74 Å². The van der Waals surface area contributed by atoms with E-state index < -0.39 is 0 Å². The zero-order valence-corrected chi connectivity index (χ0v) is 10.5. The smallest absolute Gasteiger partial charge is 0.264 e. The van der Waals surface area contributed by atoms with Crippen LogP contribution in [0.15, 0.2) is 29.8 Å². The zero-order chi connectivity index (χ0) is 12.4. The van der Waals surface area contributed by atoms with E-state index in [1.54, 1.807) is 6.20 Å². The van der Waals surface area contributed by atoms with E-state index in [-0.39, 0.29) is 11.9 Å². The molecule has 1 fully saturated rings. The monoisotopic (exact) mass is 263 g/mol. The zero-order valence-electron chi connectivity index (χ0n) is 9.70. The highest BCUT2D eigenvalue weighted by Crippen LogP contribution is 2.25. The number of carbonyl (C=O) groups excluding carboxylic acids is 1. The van der Waals surface area contributed by atoms with Crippen LogP contribution < -0.4 is 0 Å². The quantitative estimate of drug-likeness (QED) is 0.897. The maximum absolute atomic E-state index is 12.4. The van der Waals surface area contributed by atoms with Crippen molar-refractivity contribution >= 4 is 17.2 Å². The number of carbonyl (C=O) groups is 1. The summed E-state index contributed by atoms with van der Waals surface area (Å²) in [5, 5.41) is 8.77. The van der Waals surface area contributed by atoms with Crippen molar-refractivity contribution in [1.29, 1.82) is 0 Å². The van der Waals surface area contributed by atoms with Gasteiger partial charge in [0.1, 0.15) is 0 Å². The molecule has 0 saturated carbocycles. The van der Waals surface area contributed by atoms with Gasteiger partial charge in [-0.2, -0.15) is 5.10 Å². The van der Waals surface area contributed by atoms with Gasteiger partial charge in [0, 0.05) is 12.7 Å². The Bertz CT molecular complexity index is 509. The van der Waals surface area contributed by atoms with Gasteiger partial charge in [-0.1, -0.05) is 6.07 Å². The maximum Gasteiger partial charge on any atom is 0.264 e. The molecular formula is C12H13N3O2S. The molecule has 0 spiro atoms.